The summed E-state index contributed by atoms with van der Waals surface area (Å²) in [7, 11) is 1.92. The molecule has 1 aromatic carbocycles. The van der Waals surface area contributed by atoms with Crippen LogP contribution in [0.1, 0.15) is 22.4 Å². The van der Waals surface area contributed by atoms with E-state index in [9.17, 15) is 0 Å². The molecule has 104 valence electrons. The van der Waals surface area contributed by atoms with E-state index in [1.54, 1.807) is 0 Å². The van der Waals surface area contributed by atoms with Crippen molar-refractivity contribution in [3.05, 3.63) is 40.6 Å². The second kappa shape index (κ2) is 5.21. The molecular formula is C16H20N4. The third-order valence-corrected chi connectivity index (χ3v) is 3.80. The van der Waals surface area contributed by atoms with E-state index in [0.29, 0.717) is 0 Å². The molecule has 20 heavy (non-hydrogen) atoms. The predicted octanol–water partition coefficient (Wildman–Crippen LogP) is 2.45. The summed E-state index contributed by atoms with van der Waals surface area (Å²) in [6, 6.07) is 6.42. The Morgan fingerprint density at radius 2 is 2.05 bits per heavy atom. The molecule has 1 aliphatic heterocycles. The van der Waals surface area contributed by atoms with Gasteiger partial charge in [-0.15, -0.1) is 0 Å². The zero-order valence-corrected chi connectivity index (χ0v) is 12.2. The van der Waals surface area contributed by atoms with E-state index in [1.165, 1.54) is 22.4 Å². The van der Waals surface area contributed by atoms with E-state index in [2.05, 4.69) is 42.7 Å². The molecule has 2 heterocycles. The fourth-order valence-electron chi connectivity index (χ4n) is 2.65. The van der Waals surface area contributed by atoms with E-state index in [4.69, 9.17) is 9.97 Å². The lowest BCUT2D eigenvalue weighted by atomic mass is 10.0. The topological polar surface area (TPSA) is 49.8 Å². The van der Waals surface area contributed by atoms with Gasteiger partial charge in [0.25, 0.3) is 0 Å². The Labute approximate surface area is 119 Å². The number of benzene rings is 1. The van der Waals surface area contributed by atoms with Crippen LogP contribution in [0.25, 0.3) is 11.4 Å². The summed E-state index contributed by atoms with van der Waals surface area (Å²) >= 11 is 0. The smallest absolute Gasteiger partial charge is 0.162 e. The molecule has 3 rings (SSSR count). The first kappa shape index (κ1) is 13.1. The summed E-state index contributed by atoms with van der Waals surface area (Å²) in [4.78, 5) is 9.52. The molecule has 0 spiro atoms. The Hall–Kier alpha value is -1.94. The minimum absolute atomic E-state index is 0.830. The highest BCUT2D eigenvalue weighted by atomic mass is 15.0. The van der Waals surface area contributed by atoms with Gasteiger partial charge in [-0.2, -0.15) is 0 Å². The molecule has 0 radical (unpaired) electrons. The van der Waals surface area contributed by atoms with Crippen LogP contribution < -0.4 is 10.6 Å². The summed E-state index contributed by atoms with van der Waals surface area (Å²) < 4.78 is 0. The molecule has 1 aliphatic rings. The zero-order valence-electron chi connectivity index (χ0n) is 12.2. The highest BCUT2D eigenvalue weighted by Gasteiger charge is 2.18. The van der Waals surface area contributed by atoms with Crippen molar-refractivity contribution in [1.29, 1.82) is 0 Å². The fraction of sp³-hybridized carbons (Fsp3) is 0.375. The Morgan fingerprint density at radius 3 is 2.85 bits per heavy atom. The number of hydrogen-bond donors (Lipinski definition) is 2. The third kappa shape index (κ3) is 2.27. The third-order valence-electron chi connectivity index (χ3n) is 3.80. The highest BCUT2D eigenvalue weighted by Crippen LogP contribution is 2.27. The molecule has 2 N–H and O–H groups in total. The number of aromatic nitrogens is 2. The van der Waals surface area contributed by atoms with Gasteiger partial charge >= 0.3 is 0 Å². The van der Waals surface area contributed by atoms with Crippen LogP contribution in [0.4, 0.5) is 5.82 Å². The van der Waals surface area contributed by atoms with Gasteiger partial charge in [0.05, 0.1) is 5.69 Å². The van der Waals surface area contributed by atoms with Crippen LogP contribution in [0.15, 0.2) is 18.2 Å². The maximum Gasteiger partial charge on any atom is 0.162 e. The van der Waals surface area contributed by atoms with E-state index < -0.39 is 0 Å². The van der Waals surface area contributed by atoms with Gasteiger partial charge in [0.1, 0.15) is 5.82 Å². The molecule has 0 saturated carbocycles. The molecular weight excluding hydrogens is 248 g/mol. The molecule has 4 nitrogen and oxygen atoms in total. The van der Waals surface area contributed by atoms with E-state index in [1.807, 2.05) is 7.05 Å². The van der Waals surface area contributed by atoms with Crippen LogP contribution in [-0.4, -0.2) is 23.6 Å². The lowest BCUT2D eigenvalue weighted by Gasteiger charge is -2.20. The Kier molecular flexibility index (Phi) is 3.40. The summed E-state index contributed by atoms with van der Waals surface area (Å²) in [6.45, 7) is 6.04. The first-order chi connectivity index (χ1) is 9.69. The van der Waals surface area contributed by atoms with Gasteiger partial charge in [0, 0.05) is 37.7 Å². The lowest BCUT2D eigenvalue weighted by Crippen LogP contribution is -2.26. The molecule has 0 amide bonds. The average molecular weight is 268 g/mol. The van der Waals surface area contributed by atoms with Gasteiger partial charge in [-0.3, -0.25) is 0 Å². The van der Waals surface area contributed by atoms with Gasteiger partial charge in [-0.1, -0.05) is 17.7 Å². The zero-order chi connectivity index (χ0) is 14.1. The summed E-state index contributed by atoms with van der Waals surface area (Å²) in [6.07, 6.45) is 0.963. The fourth-order valence-corrected chi connectivity index (χ4v) is 2.65. The number of nitrogens with zero attached hydrogens (tertiary/aromatic N) is 2. The normalized spacial score (nSPS) is 13.9. The van der Waals surface area contributed by atoms with Crippen LogP contribution in [0.2, 0.25) is 0 Å². The number of fused-ring (bicyclic) bond motifs is 1. The molecule has 0 fully saturated rings. The number of rotatable bonds is 2. The molecule has 0 atom stereocenters. The minimum atomic E-state index is 0.830. The number of hydrogen-bond acceptors (Lipinski definition) is 4. The minimum Gasteiger partial charge on any atom is -0.373 e. The highest BCUT2D eigenvalue weighted by molar-refractivity contribution is 5.64. The van der Waals surface area contributed by atoms with Crippen molar-refractivity contribution in [1.82, 2.24) is 15.3 Å². The van der Waals surface area contributed by atoms with Gasteiger partial charge in [0.15, 0.2) is 5.82 Å². The van der Waals surface area contributed by atoms with Crippen molar-refractivity contribution >= 4 is 5.82 Å². The predicted molar refractivity (Wildman–Crippen MR) is 81.9 cm³/mol. The number of nitrogens with one attached hydrogen (secondary N) is 2. The first-order valence-electron chi connectivity index (χ1n) is 7.05. The quantitative estimate of drug-likeness (QED) is 0.878. The van der Waals surface area contributed by atoms with Crippen molar-refractivity contribution in [3.63, 3.8) is 0 Å². The second-order valence-electron chi connectivity index (χ2n) is 5.32. The average Bonchev–Trinajstić information content (AvgIpc) is 2.48. The van der Waals surface area contributed by atoms with Crippen molar-refractivity contribution in [2.45, 2.75) is 26.8 Å². The van der Waals surface area contributed by atoms with Crippen LogP contribution >= 0.6 is 0 Å². The second-order valence-corrected chi connectivity index (χ2v) is 5.32. The SMILES string of the molecule is CNc1nc(-c2cc(C)ccc2C)nc2c1CNCC2. The Bertz CT molecular complexity index is 632. The maximum absolute atomic E-state index is 4.80. The molecule has 4 heteroatoms. The standard InChI is InChI=1S/C16H20N4/c1-10-4-5-11(2)12(8-10)16-19-14-6-7-18-9-13(14)15(17-3)20-16/h4-5,8,18H,6-7,9H2,1-3H3,(H,17,19,20). The van der Waals surface area contributed by atoms with Crippen LogP contribution in [0, 0.1) is 13.8 Å². The lowest BCUT2D eigenvalue weighted by molar-refractivity contribution is 0.628. The Balaban J connectivity index is 2.17. The number of anilines is 1. The van der Waals surface area contributed by atoms with Gasteiger partial charge < -0.3 is 10.6 Å². The van der Waals surface area contributed by atoms with Crippen LogP contribution in [0.3, 0.4) is 0 Å². The Morgan fingerprint density at radius 1 is 1.20 bits per heavy atom. The largest absolute Gasteiger partial charge is 0.373 e. The molecule has 0 bridgehead atoms. The summed E-state index contributed by atoms with van der Waals surface area (Å²) in [5.41, 5.74) is 5.95. The van der Waals surface area contributed by atoms with Crippen molar-refractivity contribution in [2.24, 2.45) is 0 Å². The molecule has 0 unspecified atom stereocenters. The summed E-state index contributed by atoms with van der Waals surface area (Å²) in [5.74, 6) is 1.77. The molecule has 0 aliphatic carbocycles. The maximum atomic E-state index is 4.80. The van der Waals surface area contributed by atoms with E-state index in [-0.39, 0.29) is 0 Å². The van der Waals surface area contributed by atoms with Crippen molar-refractivity contribution in [2.75, 3.05) is 18.9 Å². The van der Waals surface area contributed by atoms with Gasteiger partial charge in [-0.05, 0) is 25.5 Å². The number of aryl methyl sites for hydroxylation is 2. The molecule has 2 aromatic rings. The first-order valence-corrected chi connectivity index (χ1v) is 7.05. The van der Waals surface area contributed by atoms with E-state index >= 15 is 0 Å². The van der Waals surface area contributed by atoms with E-state index in [0.717, 1.165) is 36.7 Å². The monoisotopic (exact) mass is 268 g/mol. The summed E-state index contributed by atoms with van der Waals surface area (Å²) in [5, 5.41) is 6.58. The molecule has 0 saturated heterocycles. The van der Waals surface area contributed by atoms with Gasteiger partial charge in [0.2, 0.25) is 0 Å². The molecule has 1 aromatic heterocycles. The van der Waals surface area contributed by atoms with Gasteiger partial charge in [-0.25, -0.2) is 9.97 Å². The van der Waals surface area contributed by atoms with Crippen molar-refractivity contribution < 1.29 is 0 Å². The van der Waals surface area contributed by atoms with Crippen LogP contribution in [0.5, 0.6) is 0 Å². The van der Waals surface area contributed by atoms with Crippen molar-refractivity contribution in [3.8, 4) is 11.4 Å². The van der Waals surface area contributed by atoms with Crippen LogP contribution in [-0.2, 0) is 13.0 Å².